The molecule has 0 radical (unpaired) electrons. The third-order valence-electron chi connectivity index (χ3n) is 5.12. The number of ether oxygens (including phenoxy) is 2. The van der Waals surface area contributed by atoms with E-state index in [-0.39, 0.29) is 24.0 Å². The summed E-state index contributed by atoms with van der Waals surface area (Å²) in [5, 5.41) is 6.76. The van der Waals surface area contributed by atoms with Crippen molar-refractivity contribution < 1.29 is 9.47 Å². The van der Waals surface area contributed by atoms with Crippen LogP contribution in [0, 0.1) is 5.92 Å². The molecule has 0 amide bonds. The lowest BCUT2D eigenvalue weighted by Gasteiger charge is -2.21. The minimum atomic E-state index is 0. The fourth-order valence-corrected chi connectivity index (χ4v) is 3.21. The molecule has 0 spiro atoms. The maximum Gasteiger partial charge on any atom is 0.191 e. The molecule has 1 aliphatic rings. The molecule has 0 bridgehead atoms. The molecule has 0 aromatic heterocycles. The lowest BCUT2D eigenvalue weighted by atomic mass is 10.0. The van der Waals surface area contributed by atoms with Gasteiger partial charge in [-0.2, -0.15) is 0 Å². The van der Waals surface area contributed by atoms with Gasteiger partial charge in [0.1, 0.15) is 0 Å². The lowest BCUT2D eigenvalue weighted by Crippen LogP contribution is -2.37. The van der Waals surface area contributed by atoms with E-state index < -0.39 is 0 Å². The Hall–Kier alpha value is -0.900. The summed E-state index contributed by atoms with van der Waals surface area (Å²) in [7, 11) is 3.95. The summed E-state index contributed by atoms with van der Waals surface area (Å²) in [6.45, 7) is 9.25. The Morgan fingerprint density at radius 1 is 1.24 bits per heavy atom. The highest BCUT2D eigenvalue weighted by molar-refractivity contribution is 14.0. The number of nitrogens with zero attached hydrogens (tertiary/aromatic N) is 2. The van der Waals surface area contributed by atoms with Gasteiger partial charge in [0.05, 0.1) is 0 Å². The van der Waals surface area contributed by atoms with Crippen LogP contribution in [0.1, 0.15) is 37.3 Å². The van der Waals surface area contributed by atoms with Crippen LogP contribution < -0.4 is 10.6 Å². The smallest absolute Gasteiger partial charge is 0.191 e. The zero-order valence-corrected chi connectivity index (χ0v) is 20.6. The predicted molar refractivity (Wildman–Crippen MR) is 131 cm³/mol. The van der Waals surface area contributed by atoms with E-state index in [1.165, 1.54) is 11.1 Å². The van der Waals surface area contributed by atoms with Crippen molar-refractivity contribution in [2.45, 2.75) is 39.3 Å². The zero-order chi connectivity index (χ0) is 20.0. The average molecular weight is 518 g/mol. The first-order chi connectivity index (χ1) is 13.7. The highest BCUT2D eigenvalue weighted by Crippen LogP contribution is 2.14. The largest absolute Gasteiger partial charge is 0.381 e. The van der Waals surface area contributed by atoms with Gasteiger partial charge < -0.3 is 25.0 Å². The highest BCUT2D eigenvalue weighted by atomic mass is 127. The van der Waals surface area contributed by atoms with Crippen molar-refractivity contribution >= 4 is 29.9 Å². The van der Waals surface area contributed by atoms with Crippen LogP contribution in [0.25, 0.3) is 0 Å². The summed E-state index contributed by atoms with van der Waals surface area (Å²) in [6, 6.07) is 8.72. The Morgan fingerprint density at radius 3 is 2.72 bits per heavy atom. The van der Waals surface area contributed by atoms with Crippen molar-refractivity contribution in [1.29, 1.82) is 0 Å². The topological polar surface area (TPSA) is 58.1 Å². The lowest BCUT2D eigenvalue weighted by molar-refractivity contribution is 0.0203. The van der Waals surface area contributed by atoms with E-state index in [1.54, 1.807) is 0 Å². The molecule has 166 valence electrons. The summed E-state index contributed by atoms with van der Waals surface area (Å²) < 4.78 is 11.2. The van der Waals surface area contributed by atoms with Gasteiger partial charge in [0, 0.05) is 53.1 Å². The first-order valence-electron chi connectivity index (χ1n) is 10.6. The third kappa shape index (κ3) is 11.2. The molecule has 1 aromatic carbocycles. The molecule has 0 atom stereocenters. The van der Waals surface area contributed by atoms with Crippen molar-refractivity contribution in [2.75, 3.05) is 53.6 Å². The Labute approximate surface area is 193 Å². The van der Waals surface area contributed by atoms with E-state index in [4.69, 9.17) is 9.47 Å². The number of guanidine groups is 1. The monoisotopic (exact) mass is 518 g/mol. The van der Waals surface area contributed by atoms with Crippen LogP contribution in [0.2, 0.25) is 0 Å². The Kier molecular flexibility index (Phi) is 14.3. The second kappa shape index (κ2) is 15.9. The molecule has 0 unspecified atom stereocenters. The van der Waals surface area contributed by atoms with Gasteiger partial charge in [-0.05, 0) is 49.9 Å². The van der Waals surface area contributed by atoms with Gasteiger partial charge in [-0.15, -0.1) is 24.0 Å². The second-order valence-electron chi connectivity index (χ2n) is 7.49. The average Bonchev–Trinajstić information content (AvgIpc) is 2.73. The first kappa shape index (κ1) is 26.1. The minimum Gasteiger partial charge on any atom is -0.381 e. The van der Waals surface area contributed by atoms with Crippen LogP contribution in [0.3, 0.4) is 0 Å². The third-order valence-corrected chi connectivity index (χ3v) is 5.12. The van der Waals surface area contributed by atoms with Crippen molar-refractivity contribution in [2.24, 2.45) is 10.9 Å². The van der Waals surface area contributed by atoms with E-state index in [2.05, 4.69) is 58.8 Å². The number of rotatable bonds is 11. The molecule has 1 aliphatic heterocycles. The summed E-state index contributed by atoms with van der Waals surface area (Å²) in [5.74, 6) is 1.50. The zero-order valence-electron chi connectivity index (χ0n) is 18.3. The molecule has 1 heterocycles. The first-order valence-corrected chi connectivity index (χ1v) is 10.6. The number of hydrogen-bond acceptors (Lipinski definition) is 4. The quantitative estimate of drug-likeness (QED) is 0.204. The van der Waals surface area contributed by atoms with Crippen LogP contribution in [-0.4, -0.2) is 64.5 Å². The van der Waals surface area contributed by atoms with Gasteiger partial charge >= 0.3 is 0 Å². The van der Waals surface area contributed by atoms with Gasteiger partial charge in [0.25, 0.3) is 0 Å². The second-order valence-corrected chi connectivity index (χ2v) is 7.49. The van der Waals surface area contributed by atoms with Gasteiger partial charge in [-0.1, -0.05) is 31.2 Å². The molecule has 6 nitrogen and oxygen atoms in total. The van der Waals surface area contributed by atoms with E-state index in [0.717, 1.165) is 77.8 Å². The van der Waals surface area contributed by atoms with Crippen LogP contribution in [-0.2, 0) is 22.6 Å². The van der Waals surface area contributed by atoms with E-state index in [1.807, 2.05) is 7.05 Å². The minimum absolute atomic E-state index is 0. The predicted octanol–water partition coefficient (Wildman–Crippen LogP) is 3.25. The summed E-state index contributed by atoms with van der Waals surface area (Å²) >= 11 is 0. The van der Waals surface area contributed by atoms with Crippen LogP contribution >= 0.6 is 24.0 Å². The van der Waals surface area contributed by atoms with E-state index in [9.17, 15) is 0 Å². The van der Waals surface area contributed by atoms with Crippen molar-refractivity contribution in [3.05, 3.63) is 35.4 Å². The molecule has 7 heteroatoms. The molecule has 1 fully saturated rings. The van der Waals surface area contributed by atoms with Gasteiger partial charge in [0.2, 0.25) is 0 Å². The highest BCUT2D eigenvalue weighted by Gasteiger charge is 2.13. The molecule has 2 N–H and O–H groups in total. The van der Waals surface area contributed by atoms with Gasteiger partial charge in [-0.3, -0.25) is 4.99 Å². The molecule has 0 aliphatic carbocycles. The molecule has 29 heavy (non-hydrogen) atoms. The molecular weight excluding hydrogens is 479 g/mol. The number of benzene rings is 1. The van der Waals surface area contributed by atoms with Crippen molar-refractivity contribution in [1.82, 2.24) is 15.5 Å². The van der Waals surface area contributed by atoms with Gasteiger partial charge in [-0.25, -0.2) is 0 Å². The Bertz CT molecular complexity index is 580. The Balaban J connectivity index is 0.00000420. The maximum absolute atomic E-state index is 5.81. The SMILES string of the molecule is CCN(C)Cc1cccc(CNC(=NC)NCCCOCC2CCOCC2)c1.I. The number of nitrogens with one attached hydrogen (secondary N) is 2. The summed E-state index contributed by atoms with van der Waals surface area (Å²) in [6.07, 6.45) is 3.23. The van der Waals surface area contributed by atoms with Crippen LogP contribution in [0.15, 0.2) is 29.3 Å². The molecule has 0 saturated carbocycles. The van der Waals surface area contributed by atoms with Crippen LogP contribution in [0.4, 0.5) is 0 Å². The van der Waals surface area contributed by atoms with E-state index >= 15 is 0 Å². The summed E-state index contributed by atoms with van der Waals surface area (Å²) in [5.41, 5.74) is 2.61. The Morgan fingerprint density at radius 2 is 2.00 bits per heavy atom. The summed E-state index contributed by atoms with van der Waals surface area (Å²) in [4.78, 5) is 6.61. The maximum atomic E-state index is 5.81. The molecule has 1 saturated heterocycles. The normalized spacial score (nSPS) is 15.2. The van der Waals surface area contributed by atoms with E-state index in [0.29, 0.717) is 5.92 Å². The van der Waals surface area contributed by atoms with Crippen molar-refractivity contribution in [3.8, 4) is 0 Å². The number of aliphatic imine (C=N–C) groups is 1. The van der Waals surface area contributed by atoms with Crippen LogP contribution in [0.5, 0.6) is 0 Å². The molecule has 2 rings (SSSR count). The fourth-order valence-electron chi connectivity index (χ4n) is 3.21. The number of halogens is 1. The van der Waals surface area contributed by atoms with Gasteiger partial charge in [0.15, 0.2) is 5.96 Å². The molecular formula is C22H39IN4O2. The van der Waals surface area contributed by atoms with Crippen molar-refractivity contribution in [3.63, 3.8) is 0 Å². The molecule has 1 aromatic rings. The fraction of sp³-hybridized carbons (Fsp3) is 0.682. The standard InChI is InChI=1S/C22H38N4O2.HI/c1-4-26(3)17-21-8-5-7-20(15-21)16-25-22(23-2)24-11-6-12-28-18-19-9-13-27-14-10-19;/h5,7-8,15,19H,4,6,9-14,16-18H2,1-3H3,(H2,23,24,25);1H. The number of hydrogen-bond donors (Lipinski definition) is 2.